The van der Waals surface area contributed by atoms with Crippen molar-refractivity contribution in [1.29, 1.82) is 0 Å². The van der Waals surface area contributed by atoms with E-state index in [-0.39, 0.29) is 29.8 Å². The van der Waals surface area contributed by atoms with Crippen molar-refractivity contribution in [1.82, 2.24) is 4.90 Å². The summed E-state index contributed by atoms with van der Waals surface area (Å²) >= 11 is 0. The third kappa shape index (κ3) is 1.58. The quantitative estimate of drug-likeness (QED) is 0.337. The molecule has 8 heteroatoms. The van der Waals surface area contributed by atoms with Crippen LogP contribution in [-0.4, -0.2) is 40.3 Å². The van der Waals surface area contributed by atoms with Crippen molar-refractivity contribution in [2.24, 2.45) is 0 Å². The molecule has 8 nitrogen and oxygen atoms in total. The van der Waals surface area contributed by atoms with Gasteiger partial charge in [0.25, 0.3) is 17.5 Å². The van der Waals surface area contributed by atoms with Gasteiger partial charge in [0.15, 0.2) is 0 Å². The Morgan fingerprint density at radius 1 is 1.20 bits per heavy atom. The second kappa shape index (κ2) is 4.12. The molecule has 102 valence electrons. The molecular weight excluding hydrogens is 268 g/mol. The average Bonchev–Trinajstić information content (AvgIpc) is 2.93. The summed E-state index contributed by atoms with van der Waals surface area (Å²) < 4.78 is 4.74. The fourth-order valence-corrected chi connectivity index (χ4v) is 2.36. The number of rotatable bonds is 2. The van der Waals surface area contributed by atoms with Gasteiger partial charge in [-0.3, -0.25) is 24.6 Å². The number of hydrogen-bond donors (Lipinski definition) is 0. The summed E-state index contributed by atoms with van der Waals surface area (Å²) in [6.07, 6.45) is 0.242. The van der Waals surface area contributed by atoms with Gasteiger partial charge in [0.2, 0.25) is 0 Å². The fraction of sp³-hybridized carbons (Fsp3) is 0.250. The average molecular weight is 276 g/mol. The summed E-state index contributed by atoms with van der Waals surface area (Å²) in [5.74, 6) is -1.95. The summed E-state index contributed by atoms with van der Waals surface area (Å²) in [7, 11) is 0. The van der Waals surface area contributed by atoms with Crippen molar-refractivity contribution in [2.45, 2.75) is 12.5 Å². The normalized spacial score (nSPS) is 21.1. The minimum absolute atomic E-state index is 0.0519. The number of carbonyl (C=O) groups is 3. The van der Waals surface area contributed by atoms with E-state index < -0.39 is 28.7 Å². The lowest BCUT2D eigenvalue weighted by Crippen LogP contribution is -2.42. The first-order valence-corrected chi connectivity index (χ1v) is 5.83. The van der Waals surface area contributed by atoms with Crippen molar-refractivity contribution in [3.05, 3.63) is 39.4 Å². The maximum atomic E-state index is 12.2. The SMILES string of the molecule is O=C1OCCC1N1C(=O)c2ccc([N+](=O)[O-])cc2C1=O. The first-order valence-electron chi connectivity index (χ1n) is 5.83. The maximum Gasteiger partial charge on any atom is 0.329 e. The lowest BCUT2D eigenvalue weighted by atomic mass is 10.1. The largest absolute Gasteiger partial charge is 0.464 e. The lowest BCUT2D eigenvalue weighted by Gasteiger charge is -2.17. The van der Waals surface area contributed by atoms with E-state index in [4.69, 9.17) is 4.74 Å². The molecule has 1 aromatic carbocycles. The number of nitro benzene ring substituents is 1. The van der Waals surface area contributed by atoms with Crippen LogP contribution in [0.15, 0.2) is 18.2 Å². The molecule has 0 bridgehead atoms. The Morgan fingerprint density at radius 2 is 1.90 bits per heavy atom. The molecule has 20 heavy (non-hydrogen) atoms. The molecule has 1 unspecified atom stereocenters. The number of nitro groups is 1. The van der Waals surface area contributed by atoms with E-state index in [0.717, 1.165) is 17.0 Å². The van der Waals surface area contributed by atoms with Gasteiger partial charge < -0.3 is 4.74 Å². The molecule has 0 aliphatic carbocycles. The fourth-order valence-electron chi connectivity index (χ4n) is 2.36. The van der Waals surface area contributed by atoms with Gasteiger partial charge in [0, 0.05) is 18.6 Å². The summed E-state index contributed by atoms with van der Waals surface area (Å²) in [5.41, 5.74) is -0.259. The topological polar surface area (TPSA) is 107 Å². The molecule has 2 amide bonds. The molecule has 0 spiro atoms. The Kier molecular flexibility index (Phi) is 2.53. The molecule has 2 heterocycles. The zero-order chi connectivity index (χ0) is 14.4. The van der Waals surface area contributed by atoms with Gasteiger partial charge >= 0.3 is 5.97 Å². The van der Waals surface area contributed by atoms with E-state index in [1.165, 1.54) is 6.07 Å². The van der Waals surface area contributed by atoms with Crippen LogP contribution in [0.1, 0.15) is 27.1 Å². The van der Waals surface area contributed by atoms with E-state index in [2.05, 4.69) is 0 Å². The van der Waals surface area contributed by atoms with Gasteiger partial charge in [-0.1, -0.05) is 0 Å². The van der Waals surface area contributed by atoms with E-state index in [0.29, 0.717) is 0 Å². The third-order valence-corrected chi connectivity index (χ3v) is 3.33. The Hall–Kier alpha value is -2.77. The lowest BCUT2D eigenvalue weighted by molar-refractivity contribution is -0.384. The van der Waals surface area contributed by atoms with Gasteiger partial charge in [-0.25, -0.2) is 4.79 Å². The molecule has 2 aliphatic rings. The van der Waals surface area contributed by atoms with Crippen LogP contribution in [0.4, 0.5) is 5.69 Å². The zero-order valence-electron chi connectivity index (χ0n) is 10.1. The highest BCUT2D eigenvalue weighted by molar-refractivity contribution is 6.23. The van der Waals surface area contributed by atoms with E-state index in [9.17, 15) is 24.5 Å². The van der Waals surface area contributed by atoms with Gasteiger partial charge in [0.1, 0.15) is 6.04 Å². The molecule has 0 radical (unpaired) electrons. The van der Waals surface area contributed by atoms with Crippen molar-refractivity contribution < 1.29 is 24.0 Å². The highest BCUT2D eigenvalue weighted by Crippen LogP contribution is 2.30. The predicted octanol–water partition coefficient (Wildman–Crippen LogP) is 0.506. The number of ether oxygens (including phenoxy) is 1. The van der Waals surface area contributed by atoms with Gasteiger partial charge in [-0.15, -0.1) is 0 Å². The van der Waals surface area contributed by atoms with Crippen molar-refractivity contribution in [2.75, 3.05) is 6.61 Å². The van der Waals surface area contributed by atoms with Crippen LogP contribution in [0.2, 0.25) is 0 Å². The van der Waals surface area contributed by atoms with Gasteiger partial charge in [-0.2, -0.15) is 0 Å². The monoisotopic (exact) mass is 276 g/mol. The molecule has 1 aromatic rings. The molecule has 1 saturated heterocycles. The van der Waals surface area contributed by atoms with E-state index in [1.807, 2.05) is 0 Å². The number of hydrogen-bond acceptors (Lipinski definition) is 6. The molecule has 1 atom stereocenters. The van der Waals surface area contributed by atoms with Gasteiger partial charge in [-0.05, 0) is 6.07 Å². The standard InChI is InChI=1S/C12H8N2O6/c15-10-7-2-1-6(14(18)19)5-8(7)11(16)13(10)9-3-4-20-12(9)17/h1-2,5,9H,3-4H2. The van der Waals surface area contributed by atoms with Crippen molar-refractivity contribution >= 4 is 23.5 Å². The molecule has 1 fully saturated rings. The van der Waals surface area contributed by atoms with E-state index in [1.54, 1.807) is 0 Å². The minimum atomic E-state index is -0.943. The Labute approximate surface area is 112 Å². The zero-order valence-corrected chi connectivity index (χ0v) is 10.1. The summed E-state index contributed by atoms with van der Waals surface area (Å²) in [6.45, 7) is 0.150. The van der Waals surface area contributed by atoms with Crippen LogP contribution in [-0.2, 0) is 9.53 Å². The predicted molar refractivity (Wildman–Crippen MR) is 63.0 cm³/mol. The van der Waals surface area contributed by atoms with Crippen LogP contribution in [0.3, 0.4) is 0 Å². The second-order valence-electron chi connectivity index (χ2n) is 4.44. The van der Waals surface area contributed by atoms with Gasteiger partial charge in [0.05, 0.1) is 22.7 Å². The number of fused-ring (bicyclic) bond motifs is 1. The minimum Gasteiger partial charge on any atom is -0.464 e. The number of imide groups is 1. The number of amides is 2. The first kappa shape index (κ1) is 12.3. The van der Waals surface area contributed by atoms with Crippen molar-refractivity contribution in [3.63, 3.8) is 0 Å². The number of cyclic esters (lactones) is 1. The van der Waals surface area contributed by atoms with E-state index >= 15 is 0 Å². The summed E-state index contributed by atoms with van der Waals surface area (Å²) in [4.78, 5) is 46.7. The van der Waals surface area contributed by atoms with Crippen LogP contribution in [0, 0.1) is 10.1 Å². The molecule has 0 aromatic heterocycles. The van der Waals surface area contributed by atoms with Crippen LogP contribution < -0.4 is 0 Å². The molecular formula is C12H8N2O6. The Balaban J connectivity index is 2.03. The molecule has 0 saturated carbocycles. The molecule has 2 aliphatic heterocycles. The number of esters is 1. The van der Waals surface area contributed by atoms with Crippen molar-refractivity contribution in [3.8, 4) is 0 Å². The Morgan fingerprint density at radius 3 is 2.50 bits per heavy atom. The summed E-state index contributed by atoms with van der Waals surface area (Å²) in [6, 6.07) is 2.49. The highest BCUT2D eigenvalue weighted by atomic mass is 16.6. The first-order chi connectivity index (χ1) is 9.50. The van der Waals surface area contributed by atoms with Crippen LogP contribution in [0.5, 0.6) is 0 Å². The summed E-state index contributed by atoms with van der Waals surface area (Å²) in [5, 5.41) is 10.7. The number of nitrogens with zero attached hydrogens (tertiary/aromatic N) is 2. The number of non-ortho nitro benzene ring substituents is 1. The Bertz CT molecular complexity index is 668. The highest BCUT2D eigenvalue weighted by Gasteiger charge is 2.45. The molecule has 3 rings (SSSR count). The molecule has 0 N–H and O–H groups in total. The smallest absolute Gasteiger partial charge is 0.329 e. The van der Waals surface area contributed by atoms with Crippen LogP contribution >= 0.6 is 0 Å². The number of benzene rings is 1. The second-order valence-corrected chi connectivity index (χ2v) is 4.44. The number of carbonyl (C=O) groups excluding carboxylic acids is 3. The van der Waals surface area contributed by atoms with Crippen LogP contribution in [0.25, 0.3) is 0 Å². The maximum absolute atomic E-state index is 12.2. The third-order valence-electron chi connectivity index (χ3n) is 3.33.